The van der Waals surface area contributed by atoms with Crippen molar-refractivity contribution in [2.75, 3.05) is 20.3 Å². The van der Waals surface area contributed by atoms with Crippen LogP contribution in [-0.2, 0) is 29.2 Å². The van der Waals surface area contributed by atoms with Crippen LogP contribution in [-0.4, -0.2) is 24.9 Å². The van der Waals surface area contributed by atoms with Gasteiger partial charge in [-0.2, -0.15) is 0 Å². The topological polar surface area (TPSA) is 27.3 Å². The van der Waals surface area contributed by atoms with Gasteiger partial charge in [0.05, 0.1) is 6.61 Å². The first kappa shape index (κ1) is 12.2. The fourth-order valence-corrected chi connectivity index (χ4v) is 1.60. The van der Waals surface area contributed by atoms with E-state index < -0.39 is 0 Å². The molecular formula is C11H21N2O2+. The fraction of sp³-hybridized carbons (Fsp3) is 0.727. The average Bonchev–Trinajstić information content (AvgIpc) is 2.65. The molecule has 0 bridgehead atoms. The normalized spacial score (nSPS) is 10.9. The van der Waals surface area contributed by atoms with Crippen molar-refractivity contribution in [1.82, 2.24) is 4.57 Å². The molecule has 4 nitrogen and oxygen atoms in total. The lowest BCUT2D eigenvalue weighted by Crippen LogP contribution is -2.38. The van der Waals surface area contributed by atoms with Crippen LogP contribution in [0.15, 0.2) is 12.4 Å². The zero-order valence-electron chi connectivity index (χ0n) is 9.90. The Balaban J connectivity index is 2.66. The van der Waals surface area contributed by atoms with Crippen LogP contribution in [0.2, 0.25) is 0 Å². The highest BCUT2D eigenvalue weighted by Gasteiger charge is 2.14. The molecule has 0 N–H and O–H groups in total. The molecule has 0 saturated carbocycles. The molecular weight excluding hydrogens is 192 g/mol. The van der Waals surface area contributed by atoms with E-state index in [-0.39, 0.29) is 0 Å². The van der Waals surface area contributed by atoms with Gasteiger partial charge in [-0.05, 0) is 6.92 Å². The van der Waals surface area contributed by atoms with E-state index in [0.717, 1.165) is 26.2 Å². The minimum atomic E-state index is 0.639. The van der Waals surface area contributed by atoms with Crippen molar-refractivity contribution in [2.45, 2.75) is 33.5 Å². The maximum absolute atomic E-state index is 5.40. The van der Waals surface area contributed by atoms with Crippen molar-refractivity contribution in [3.63, 3.8) is 0 Å². The number of hydrogen-bond donors (Lipinski definition) is 0. The van der Waals surface area contributed by atoms with Crippen LogP contribution in [0, 0.1) is 0 Å². The lowest BCUT2D eigenvalue weighted by Gasteiger charge is -2.02. The van der Waals surface area contributed by atoms with Gasteiger partial charge in [0.2, 0.25) is 0 Å². The summed E-state index contributed by atoms with van der Waals surface area (Å²) in [6.07, 6.45) is 5.14. The van der Waals surface area contributed by atoms with E-state index >= 15 is 0 Å². The second-order valence-electron chi connectivity index (χ2n) is 3.35. The zero-order valence-corrected chi connectivity index (χ0v) is 9.90. The Morgan fingerprint density at radius 1 is 1.40 bits per heavy atom. The van der Waals surface area contributed by atoms with E-state index in [0.29, 0.717) is 6.73 Å². The lowest BCUT2D eigenvalue weighted by atomic mass is 10.4. The summed E-state index contributed by atoms with van der Waals surface area (Å²) in [5, 5.41) is 0. The Morgan fingerprint density at radius 3 is 2.80 bits per heavy atom. The van der Waals surface area contributed by atoms with E-state index in [9.17, 15) is 0 Å². The van der Waals surface area contributed by atoms with Crippen LogP contribution in [0.5, 0.6) is 0 Å². The highest BCUT2D eigenvalue weighted by Crippen LogP contribution is 1.97. The molecule has 0 atom stereocenters. The third-order valence-electron chi connectivity index (χ3n) is 2.38. The van der Waals surface area contributed by atoms with Crippen LogP contribution in [0.3, 0.4) is 0 Å². The van der Waals surface area contributed by atoms with E-state index in [2.05, 4.69) is 28.5 Å². The summed E-state index contributed by atoms with van der Waals surface area (Å²) in [6.45, 7) is 7.20. The smallest absolute Gasteiger partial charge is 0.258 e. The van der Waals surface area contributed by atoms with Crippen molar-refractivity contribution in [1.29, 1.82) is 0 Å². The highest BCUT2D eigenvalue weighted by molar-refractivity contribution is 4.82. The monoisotopic (exact) mass is 213 g/mol. The summed E-state index contributed by atoms with van der Waals surface area (Å²) >= 11 is 0. The quantitative estimate of drug-likeness (QED) is 0.631. The highest BCUT2D eigenvalue weighted by atomic mass is 16.5. The van der Waals surface area contributed by atoms with Gasteiger partial charge in [-0.1, -0.05) is 6.92 Å². The molecule has 1 heterocycles. The van der Waals surface area contributed by atoms with Gasteiger partial charge in [-0.25, -0.2) is 9.13 Å². The Labute approximate surface area is 91.4 Å². The molecule has 1 rings (SSSR count). The Bertz CT molecular complexity index is 259. The molecule has 0 unspecified atom stereocenters. The molecule has 0 aliphatic rings. The number of hydrogen-bond acceptors (Lipinski definition) is 2. The predicted molar refractivity (Wildman–Crippen MR) is 57.5 cm³/mol. The second-order valence-corrected chi connectivity index (χ2v) is 3.35. The first-order valence-electron chi connectivity index (χ1n) is 5.47. The Hall–Kier alpha value is -0.870. The summed E-state index contributed by atoms with van der Waals surface area (Å²) in [6, 6.07) is 0. The Morgan fingerprint density at radius 2 is 2.20 bits per heavy atom. The van der Waals surface area contributed by atoms with Crippen molar-refractivity contribution < 1.29 is 14.0 Å². The maximum Gasteiger partial charge on any atom is 0.258 e. The molecule has 0 fully saturated rings. The number of methoxy groups -OCH3 is 1. The van der Waals surface area contributed by atoms with Crippen molar-refractivity contribution in [3.05, 3.63) is 18.2 Å². The van der Waals surface area contributed by atoms with Crippen LogP contribution >= 0.6 is 0 Å². The summed E-state index contributed by atoms with van der Waals surface area (Å²) in [4.78, 5) is 0. The van der Waals surface area contributed by atoms with Gasteiger partial charge >= 0.3 is 0 Å². The van der Waals surface area contributed by atoms with E-state index in [1.54, 1.807) is 7.11 Å². The number of nitrogens with zero attached hydrogens (tertiary/aromatic N) is 2. The van der Waals surface area contributed by atoms with Gasteiger partial charge in [0, 0.05) is 20.1 Å². The van der Waals surface area contributed by atoms with E-state index in [1.807, 2.05) is 6.92 Å². The fourth-order valence-electron chi connectivity index (χ4n) is 1.60. The van der Waals surface area contributed by atoms with Gasteiger partial charge in [0.15, 0.2) is 6.73 Å². The van der Waals surface area contributed by atoms with Gasteiger partial charge < -0.3 is 9.47 Å². The molecule has 0 saturated heterocycles. The first-order valence-corrected chi connectivity index (χ1v) is 5.47. The average molecular weight is 213 g/mol. The van der Waals surface area contributed by atoms with Gasteiger partial charge in [-0.15, -0.1) is 0 Å². The SMILES string of the molecule is CCOC[n+]1ccn(CCOC)c1CC. The second kappa shape index (κ2) is 6.58. The molecule has 86 valence electrons. The van der Waals surface area contributed by atoms with E-state index in [1.165, 1.54) is 5.82 Å². The minimum Gasteiger partial charge on any atom is -0.381 e. The molecule has 0 aliphatic carbocycles. The molecule has 1 aromatic heterocycles. The summed E-state index contributed by atoms with van der Waals surface area (Å²) in [5.41, 5.74) is 0. The maximum atomic E-state index is 5.40. The summed E-state index contributed by atoms with van der Waals surface area (Å²) in [7, 11) is 1.73. The molecule has 0 amide bonds. The Kier molecular flexibility index (Phi) is 5.36. The molecule has 0 spiro atoms. The molecule has 0 aromatic carbocycles. The summed E-state index contributed by atoms with van der Waals surface area (Å²) < 4.78 is 14.8. The van der Waals surface area contributed by atoms with Crippen molar-refractivity contribution in [3.8, 4) is 0 Å². The number of imidazole rings is 1. The largest absolute Gasteiger partial charge is 0.381 e. The number of rotatable bonds is 7. The van der Waals surface area contributed by atoms with Gasteiger partial charge in [0.1, 0.15) is 18.9 Å². The molecule has 0 aliphatic heterocycles. The predicted octanol–water partition coefficient (Wildman–Crippen LogP) is 0.978. The third kappa shape index (κ3) is 3.32. The lowest BCUT2D eigenvalue weighted by molar-refractivity contribution is -0.738. The van der Waals surface area contributed by atoms with Gasteiger partial charge in [0.25, 0.3) is 5.82 Å². The van der Waals surface area contributed by atoms with Crippen LogP contribution in [0.4, 0.5) is 0 Å². The molecule has 1 aromatic rings. The van der Waals surface area contributed by atoms with E-state index in [4.69, 9.17) is 9.47 Å². The number of ether oxygens (including phenoxy) is 2. The number of aromatic nitrogens is 2. The van der Waals surface area contributed by atoms with Crippen molar-refractivity contribution in [2.24, 2.45) is 0 Å². The van der Waals surface area contributed by atoms with Crippen molar-refractivity contribution >= 4 is 0 Å². The third-order valence-corrected chi connectivity index (χ3v) is 2.38. The van der Waals surface area contributed by atoms with Gasteiger partial charge in [-0.3, -0.25) is 0 Å². The summed E-state index contributed by atoms with van der Waals surface area (Å²) in [5.74, 6) is 1.28. The first-order chi connectivity index (χ1) is 7.33. The van der Waals surface area contributed by atoms with Crippen LogP contribution in [0.1, 0.15) is 19.7 Å². The molecule has 0 radical (unpaired) electrons. The standard InChI is InChI=1S/C11H21N2O2/c1-4-11-12(8-9-14-3)6-7-13(11)10-15-5-2/h6-7H,4-5,8-10H2,1-3H3/q+1. The zero-order chi connectivity index (χ0) is 11.1. The molecule has 15 heavy (non-hydrogen) atoms. The molecule has 4 heteroatoms. The van der Waals surface area contributed by atoms with Crippen LogP contribution < -0.4 is 4.57 Å². The minimum absolute atomic E-state index is 0.639. The van der Waals surface area contributed by atoms with Crippen LogP contribution in [0.25, 0.3) is 0 Å².